The van der Waals surface area contributed by atoms with Crippen molar-refractivity contribution >= 4 is 5.97 Å². The molecule has 0 amide bonds. The molecule has 0 heterocycles. The Kier molecular flexibility index (Phi) is 3.74. The lowest BCUT2D eigenvalue weighted by atomic mass is 9.95. The van der Waals surface area contributed by atoms with Crippen LogP contribution in [-0.2, 0) is 0 Å². The summed E-state index contributed by atoms with van der Waals surface area (Å²) in [5.74, 6) is -1.13. The van der Waals surface area contributed by atoms with Crippen molar-refractivity contribution in [3.8, 4) is 16.9 Å². The van der Waals surface area contributed by atoms with Gasteiger partial charge in [0.25, 0.3) is 0 Å². The molecule has 1 N–H and O–H groups in total. The maximum absolute atomic E-state index is 13.3. The summed E-state index contributed by atoms with van der Waals surface area (Å²) in [7, 11) is 1.54. The maximum Gasteiger partial charge on any atom is 0.336 e. The highest BCUT2D eigenvalue weighted by Crippen LogP contribution is 2.36. The zero-order valence-electron chi connectivity index (χ0n) is 11.5. The van der Waals surface area contributed by atoms with Crippen LogP contribution in [0.3, 0.4) is 0 Å². The second-order valence-electron chi connectivity index (χ2n) is 4.58. The van der Waals surface area contributed by atoms with Gasteiger partial charge in [0.1, 0.15) is 11.6 Å². The van der Waals surface area contributed by atoms with Crippen LogP contribution in [0.15, 0.2) is 30.3 Å². The number of aromatic carboxylic acids is 1. The number of benzene rings is 2. The van der Waals surface area contributed by atoms with Gasteiger partial charge in [0.15, 0.2) is 0 Å². The van der Waals surface area contributed by atoms with E-state index in [2.05, 4.69) is 0 Å². The molecule has 0 spiro atoms. The van der Waals surface area contributed by atoms with E-state index in [1.54, 1.807) is 6.07 Å². The minimum absolute atomic E-state index is 0.0773. The SMILES string of the molecule is COc1c(-c2ccc(F)cc2C(=O)O)ccc(C)c1C. The predicted octanol–water partition coefficient (Wildman–Crippen LogP) is 3.82. The molecule has 0 aliphatic rings. The minimum Gasteiger partial charge on any atom is -0.496 e. The number of rotatable bonds is 3. The number of ether oxygens (including phenoxy) is 1. The summed E-state index contributed by atoms with van der Waals surface area (Å²) in [5.41, 5.74) is 2.99. The first-order valence-corrected chi connectivity index (χ1v) is 6.13. The average molecular weight is 274 g/mol. The van der Waals surface area contributed by atoms with Crippen LogP contribution in [0.5, 0.6) is 5.75 Å². The summed E-state index contributed by atoms with van der Waals surface area (Å²) in [4.78, 5) is 11.3. The molecular weight excluding hydrogens is 259 g/mol. The molecule has 0 unspecified atom stereocenters. The molecule has 0 radical (unpaired) electrons. The van der Waals surface area contributed by atoms with Crippen LogP contribution in [0.1, 0.15) is 21.5 Å². The van der Waals surface area contributed by atoms with Crippen molar-refractivity contribution in [1.29, 1.82) is 0 Å². The molecule has 0 bridgehead atoms. The van der Waals surface area contributed by atoms with Crippen LogP contribution in [0.4, 0.5) is 4.39 Å². The quantitative estimate of drug-likeness (QED) is 0.925. The molecule has 104 valence electrons. The topological polar surface area (TPSA) is 46.5 Å². The fourth-order valence-electron chi connectivity index (χ4n) is 2.19. The third-order valence-electron chi connectivity index (χ3n) is 3.38. The van der Waals surface area contributed by atoms with Crippen molar-refractivity contribution in [2.45, 2.75) is 13.8 Å². The Hall–Kier alpha value is -2.36. The van der Waals surface area contributed by atoms with E-state index in [-0.39, 0.29) is 5.56 Å². The predicted molar refractivity (Wildman–Crippen MR) is 74.8 cm³/mol. The fraction of sp³-hybridized carbons (Fsp3) is 0.188. The van der Waals surface area contributed by atoms with Crippen molar-refractivity contribution < 1.29 is 19.0 Å². The summed E-state index contributed by atoms with van der Waals surface area (Å²) in [5, 5.41) is 9.23. The zero-order valence-corrected chi connectivity index (χ0v) is 11.5. The Morgan fingerprint density at radius 2 is 1.80 bits per heavy atom. The Labute approximate surface area is 116 Å². The van der Waals surface area contributed by atoms with E-state index in [0.717, 1.165) is 17.2 Å². The van der Waals surface area contributed by atoms with Gasteiger partial charge in [-0.15, -0.1) is 0 Å². The molecule has 3 nitrogen and oxygen atoms in total. The lowest BCUT2D eigenvalue weighted by Gasteiger charge is -2.15. The Bertz CT molecular complexity index is 678. The largest absolute Gasteiger partial charge is 0.496 e. The number of carboxylic acid groups (broad SMARTS) is 1. The third kappa shape index (κ3) is 2.37. The fourth-order valence-corrected chi connectivity index (χ4v) is 2.19. The Morgan fingerprint density at radius 1 is 1.15 bits per heavy atom. The molecule has 0 saturated heterocycles. The van der Waals surface area contributed by atoms with E-state index in [0.29, 0.717) is 16.9 Å². The smallest absolute Gasteiger partial charge is 0.336 e. The summed E-state index contributed by atoms with van der Waals surface area (Å²) in [6.07, 6.45) is 0. The summed E-state index contributed by atoms with van der Waals surface area (Å²) < 4.78 is 18.6. The Morgan fingerprint density at radius 3 is 2.40 bits per heavy atom. The van der Waals surface area contributed by atoms with Crippen LogP contribution < -0.4 is 4.74 Å². The van der Waals surface area contributed by atoms with E-state index in [1.165, 1.54) is 19.2 Å². The first-order chi connectivity index (χ1) is 9.45. The van der Waals surface area contributed by atoms with Crippen molar-refractivity contribution in [3.05, 3.63) is 52.8 Å². The number of hydrogen-bond acceptors (Lipinski definition) is 2. The van der Waals surface area contributed by atoms with E-state index in [9.17, 15) is 14.3 Å². The molecule has 0 aliphatic heterocycles. The van der Waals surface area contributed by atoms with E-state index in [4.69, 9.17) is 4.74 Å². The molecule has 20 heavy (non-hydrogen) atoms. The van der Waals surface area contributed by atoms with Gasteiger partial charge in [-0.3, -0.25) is 0 Å². The van der Waals surface area contributed by atoms with E-state index >= 15 is 0 Å². The van der Waals surface area contributed by atoms with Crippen LogP contribution >= 0.6 is 0 Å². The van der Waals surface area contributed by atoms with Gasteiger partial charge in [0.2, 0.25) is 0 Å². The second kappa shape index (κ2) is 5.33. The average Bonchev–Trinajstić information content (AvgIpc) is 2.41. The molecule has 2 rings (SSSR count). The third-order valence-corrected chi connectivity index (χ3v) is 3.38. The van der Waals surface area contributed by atoms with Gasteiger partial charge >= 0.3 is 5.97 Å². The molecule has 0 fully saturated rings. The Balaban J connectivity index is 2.75. The van der Waals surface area contributed by atoms with Crippen molar-refractivity contribution in [3.63, 3.8) is 0 Å². The molecule has 0 saturated carbocycles. The number of carboxylic acids is 1. The number of halogens is 1. The molecule has 2 aromatic carbocycles. The van der Waals surface area contributed by atoms with Crippen LogP contribution in [-0.4, -0.2) is 18.2 Å². The molecule has 2 aromatic rings. The van der Waals surface area contributed by atoms with Crippen LogP contribution in [0.2, 0.25) is 0 Å². The van der Waals surface area contributed by atoms with Crippen LogP contribution in [0.25, 0.3) is 11.1 Å². The van der Waals surface area contributed by atoms with Gasteiger partial charge in [0.05, 0.1) is 12.7 Å². The summed E-state index contributed by atoms with van der Waals surface area (Å²) in [6, 6.07) is 7.41. The van der Waals surface area contributed by atoms with Gasteiger partial charge in [-0.2, -0.15) is 0 Å². The molecule has 4 heteroatoms. The summed E-state index contributed by atoms with van der Waals surface area (Å²) in [6.45, 7) is 3.85. The standard InChI is InChI=1S/C16H15FO3/c1-9-4-6-13(15(20-3)10(9)2)12-7-5-11(17)8-14(12)16(18)19/h4-8H,1-3H3,(H,18,19). The number of methoxy groups -OCH3 is 1. The van der Waals surface area contributed by atoms with Gasteiger partial charge in [0, 0.05) is 11.1 Å². The highest BCUT2D eigenvalue weighted by atomic mass is 19.1. The lowest BCUT2D eigenvalue weighted by Crippen LogP contribution is -2.02. The van der Waals surface area contributed by atoms with E-state index < -0.39 is 11.8 Å². The summed E-state index contributed by atoms with van der Waals surface area (Å²) >= 11 is 0. The minimum atomic E-state index is -1.17. The number of hydrogen-bond donors (Lipinski definition) is 1. The van der Waals surface area contributed by atoms with Gasteiger partial charge < -0.3 is 9.84 Å². The van der Waals surface area contributed by atoms with Gasteiger partial charge in [-0.05, 0) is 37.1 Å². The highest BCUT2D eigenvalue weighted by Gasteiger charge is 2.17. The van der Waals surface area contributed by atoms with Crippen molar-refractivity contribution in [1.82, 2.24) is 0 Å². The first-order valence-electron chi connectivity index (χ1n) is 6.13. The number of carbonyl (C=O) groups is 1. The number of aryl methyl sites for hydroxylation is 1. The van der Waals surface area contributed by atoms with Crippen LogP contribution in [0, 0.1) is 19.7 Å². The van der Waals surface area contributed by atoms with Gasteiger partial charge in [-0.1, -0.05) is 18.2 Å². The first kappa shape index (κ1) is 14.1. The van der Waals surface area contributed by atoms with Crippen molar-refractivity contribution in [2.24, 2.45) is 0 Å². The molecular formula is C16H15FO3. The molecule has 0 aromatic heterocycles. The highest BCUT2D eigenvalue weighted by molar-refractivity contribution is 5.97. The molecule has 0 atom stereocenters. The van der Waals surface area contributed by atoms with Crippen molar-refractivity contribution in [2.75, 3.05) is 7.11 Å². The lowest BCUT2D eigenvalue weighted by molar-refractivity contribution is 0.0697. The monoisotopic (exact) mass is 274 g/mol. The molecule has 0 aliphatic carbocycles. The normalized spacial score (nSPS) is 10.4. The second-order valence-corrected chi connectivity index (χ2v) is 4.58. The van der Waals surface area contributed by atoms with E-state index in [1.807, 2.05) is 19.9 Å². The zero-order chi connectivity index (χ0) is 14.9. The van der Waals surface area contributed by atoms with Gasteiger partial charge in [-0.25, -0.2) is 9.18 Å². The maximum atomic E-state index is 13.3.